The molecular formula is C30H33FN4O2. The lowest BCUT2D eigenvalue weighted by molar-refractivity contribution is -0.133. The normalized spacial score (nSPS) is 21.2. The zero-order valence-electron chi connectivity index (χ0n) is 21.8. The standard InChI is InChI=1S/C30H33FN4O2/c1-17(2)29(37)35-15-18(3)30(4,16-35)22-8-5-19(6-9-22)24-14-25(27(32)34-26(24)31)20-7-10-23-21(13-20)11-12-33-28(23)36/h5-10,13-14,17-18H,11-12,15-16H2,1-4H3,(H2,32,34)(H,33,36)/t18-,30?/m1/s1. The van der Waals surface area contributed by atoms with Crippen LogP contribution in [0.15, 0.2) is 48.5 Å². The van der Waals surface area contributed by atoms with Gasteiger partial charge in [0.1, 0.15) is 5.82 Å². The van der Waals surface area contributed by atoms with E-state index < -0.39 is 5.95 Å². The minimum Gasteiger partial charge on any atom is -0.383 e. The molecule has 2 atom stereocenters. The van der Waals surface area contributed by atoms with Crippen molar-refractivity contribution < 1.29 is 14.0 Å². The molecule has 3 aromatic rings. The van der Waals surface area contributed by atoms with Gasteiger partial charge in [0.2, 0.25) is 11.9 Å². The number of nitrogens with one attached hydrogen (secondary N) is 1. The molecule has 1 aromatic heterocycles. The number of hydrogen-bond acceptors (Lipinski definition) is 4. The molecule has 0 saturated carbocycles. The van der Waals surface area contributed by atoms with Crippen LogP contribution >= 0.6 is 0 Å². The third-order valence-corrected chi connectivity index (χ3v) is 8.11. The Bertz CT molecular complexity index is 1390. The van der Waals surface area contributed by atoms with E-state index in [0.29, 0.717) is 41.3 Å². The number of anilines is 1. The first-order valence-corrected chi connectivity index (χ1v) is 12.9. The molecule has 37 heavy (non-hydrogen) atoms. The number of amides is 2. The first kappa shape index (κ1) is 24.9. The third kappa shape index (κ3) is 4.37. The molecule has 0 aliphatic carbocycles. The fourth-order valence-electron chi connectivity index (χ4n) is 5.62. The topological polar surface area (TPSA) is 88.3 Å². The fraction of sp³-hybridized carbons (Fsp3) is 0.367. The number of carbonyl (C=O) groups excluding carboxylic acids is 2. The van der Waals surface area contributed by atoms with E-state index in [1.54, 1.807) is 12.1 Å². The molecule has 6 nitrogen and oxygen atoms in total. The number of benzene rings is 2. The van der Waals surface area contributed by atoms with Crippen LogP contribution in [-0.2, 0) is 16.6 Å². The van der Waals surface area contributed by atoms with Gasteiger partial charge in [0.25, 0.3) is 5.91 Å². The number of halogens is 1. The average Bonchev–Trinajstić information content (AvgIpc) is 3.18. The molecule has 3 N–H and O–H groups in total. The molecule has 0 bridgehead atoms. The van der Waals surface area contributed by atoms with E-state index in [4.69, 9.17) is 5.73 Å². The Kier molecular flexibility index (Phi) is 6.26. The maximum Gasteiger partial charge on any atom is 0.251 e. The van der Waals surface area contributed by atoms with Crippen LogP contribution < -0.4 is 11.1 Å². The maximum absolute atomic E-state index is 15.0. The first-order chi connectivity index (χ1) is 17.6. The highest BCUT2D eigenvalue weighted by molar-refractivity contribution is 5.97. The van der Waals surface area contributed by atoms with Gasteiger partial charge in [-0.05, 0) is 46.7 Å². The summed E-state index contributed by atoms with van der Waals surface area (Å²) in [5.41, 5.74) is 11.2. The van der Waals surface area contributed by atoms with Gasteiger partial charge in [-0.3, -0.25) is 9.59 Å². The van der Waals surface area contributed by atoms with Crippen molar-refractivity contribution in [1.29, 1.82) is 0 Å². The van der Waals surface area contributed by atoms with E-state index in [-0.39, 0.29) is 29.0 Å². The van der Waals surface area contributed by atoms with Crippen molar-refractivity contribution in [2.45, 2.75) is 39.5 Å². The van der Waals surface area contributed by atoms with E-state index in [9.17, 15) is 9.59 Å². The zero-order chi connectivity index (χ0) is 26.5. The van der Waals surface area contributed by atoms with Crippen molar-refractivity contribution in [1.82, 2.24) is 15.2 Å². The molecule has 0 spiro atoms. The van der Waals surface area contributed by atoms with Crippen LogP contribution in [0.25, 0.3) is 22.3 Å². The number of nitrogens with zero attached hydrogens (tertiary/aromatic N) is 2. The van der Waals surface area contributed by atoms with Gasteiger partial charge in [-0.15, -0.1) is 0 Å². The number of aromatic nitrogens is 1. The van der Waals surface area contributed by atoms with Crippen LogP contribution in [0.2, 0.25) is 0 Å². The number of pyridine rings is 1. The molecule has 7 heteroatoms. The van der Waals surface area contributed by atoms with Gasteiger partial charge in [-0.25, -0.2) is 4.98 Å². The summed E-state index contributed by atoms with van der Waals surface area (Å²) in [6, 6.07) is 15.2. The van der Waals surface area contributed by atoms with Crippen molar-refractivity contribution in [2.24, 2.45) is 11.8 Å². The molecule has 192 valence electrons. The predicted octanol–water partition coefficient (Wildman–Crippen LogP) is 4.81. The number of carbonyl (C=O) groups is 2. The van der Waals surface area contributed by atoms with Gasteiger partial charge >= 0.3 is 0 Å². The Morgan fingerprint density at radius 1 is 1.11 bits per heavy atom. The average molecular weight is 501 g/mol. The van der Waals surface area contributed by atoms with E-state index in [2.05, 4.69) is 24.1 Å². The van der Waals surface area contributed by atoms with Gasteiger partial charge < -0.3 is 16.0 Å². The lowest BCUT2D eigenvalue weighted by Gasteiger charge is -2.29. The lowest BCUT2D eigenvalue weighted by Crippen LogP contribution is -2.35. The minimum atomic E-state index is -0.625. The summed E-state index contributed by atoms with van der Waals surface area (Å²) in [7, 11) is 0. The summed E-state index contributed by atoms with van der Waals surface area (Å²) in [6.45, 7) is 10.2. The summed E-state index contributed by atoms with van der Waals surface area (Å²) in [5, 5.41) is 2.84. The molecule has 0 radical (unpaired) electrons. The van der Waals surface area contributed by atoms with E-state index in [0.717, 1.165) is 29.7 Å². The van der Waals surface area contributed by atoms with Crippen LogP contribution in [0.1, 0.15) is 49.2 Å². The number of hydrogen-bond donors (Lipinski definition) is 2. The molecule has 1 saturated heterocycles. The quantitative estimate of drug-likeness (QED) is 0.503. The molecule has 1 fully saturated rings. The van der Waals surface area contributed by atoms with Gasteiger partial charge in [0, 0.05) is 47.7 Å². The van der Waals surface area contributed by atoms with Crippen LogP contribution in [0.4, 0.5) is 10.2 Å². The van der Waals surface area contributed by atoms with E-state index in [1.165, 1.54) is 0 Å². The lowest BCUT2D eigenvalue weighted by atomic mass is 9.75. The summed E-state index contributed by atoms with van der Waals surface area (Å²) < 4.78 is 15.0. The Hall–Kier alpha value is -3.74. The largest absolute Gasteiger partial charge is 0.383 e. The SMILES string of the molecule is CC(C)C(=O)N1C[C@@H](C)C(C)(c2ccc(-c3cc(-c4ccc5c(c4)CCNC5=O)c(N)nc3F)cc2)C1. The number of nitrogens with two attached hydrogens (primary N) is 1. The number of likely N-dealkylation sites (tertiary alicyclic amines) is 1. The Labute approximate surface area is 217 Å². The second-order valence-electron chi connectivity index (χ2n) is 10.9. The molecule has 2 aliphatic heterocycles. The monoisotopic (exact) mass is 500 g/mol. The summed E-state index contributed by atoms with van der Waals surface area (Å²) >= 11 is 0. The highest BCUT2D eigenvalue weighted by Crippen LogP contribution is 2.40. The van der Waals surface area contributed by atoms with Gasteiger partial charge in [0.15, 0.2) is 0 Å². The molecular weight excluding hydrogens is 467 g/mol. The zero-order valence-corrected chi connectivity index (χ0v) is 21.8. The number of nitrogen functional groups attached to an aromatic ring is 1. The van der Waals surface area contributed by atoms with Crippen LogP contribution in [0, 0.1) is 17.8 Å². The predicted molar refractivity (Wildman–Crippen MR) is 143 cm³/mol. The molecule has 5 rings (SSSR count). The fourth-order valence-corrected chi connectivity index (χ4v) is 5.62. The molecule has 2 aliphatic rings. The molecule has 3 heterocycles. The van der Waals surface area contributed by atoms with Gasteiger partial charge in [-0.2, -0.15) is 4.39 Å². The first-order valence-electron chi connectivity index (χ1n) is 12.9. The smallest absolute Gasteiger partial charge is 0.251 e. The van der Waals surface area contributed by atoms with Crippen molar-refractivity contribution in [2.75, 3.05) is 25.4 Å². The minimum absolute atomic E-state index is 0.0283. The third-order valence-electron chi connectivity index (χ3n) is 8.11. The van der Waals surface area contributed by atoms with Crippen molar-refractivity contribution >= 4 is 17.6 Å². The van der Waals surface area contributed by atoms with Crippen molar-refractivity contribution in [3.8, 4) is 22.3 Å². The van der Waals surface area contributed by atoms with Crippen LogP contribution in [0.3, 0.4) is 0 Å². The summed E-state index contributed by atoms with van der Waals surface area (Å²) in [4.78, 5) is 30.7. The summed E-state index contributed by atoms with van der Waals surface area (Å²) in [5.74, 6) is -0.146. The van der Waals surface area contributed by atoms with Gasteiger partial charge in [-0.1, -0.05) is 64.1 Å². The van der Waals surface area contributed by atoms with Crippen molar-refractivity contribution in [3.05, 3.63) is 71.2 Å². The molecule has 2 amide bonds. The van der Waals surface area contributed by atoms with Gasteiger partial charge in [0.05, 0.1) is 0 Å². The highest BCUT2D eigenvalue weighted by Gasteiger charge is 2.43. The Morgan fingerprint density at radius 2 is 1.81 bits per heavy atom. The van der Waals surface area contributed by atoms with E-state index >= 15 is 4.39 Å². The van der Waals surface area contributed by atoms with Crippen LogP contribution in [0.5, 0.6) is 0 Å². The highest BCUT2D eigenvalue weighted by atomic mass is 19.1. The summed E-state index contributed by atoms with van der Waals surface area (Å²) in [6.07, 6.45) is 0.731. The molecule has 2 aromatic carbocycles. The second kappa shape index (κ2) is 9.29. The Balaban J connectivity index is 1.46. The Morgan fingerprint density at radius 3 is 2.51 bits per heavy atom. The van der Waals surface area contributed by atoms with E-state index in [1.807, 2.05) is 55.1 Å². The number of fused-ring (bicyclic) bond motifs is 1. The van der Waals surface area contributed by atoms with Crippen molar-refractivity contribution in [3.63, 3.8) is 0 Å². The maximum atomic E-state index is 15.0. The van der Waals surface area contributed by atoms with Crippen LogP contribution in [-0.4, -0.2) is 41.3 Å². The number of rotatable bonds is 4. The molecule has 1 unspecified atom stereocenters. The second-order valence-corrected chi connectivity index (χ2v) is 10.9.